The van der Waals surface area contributed by atoms with E-state index in [1.165, 1.54) is 0 Å². The summed E-state index contributed by atoms with van der Waals surface area (Å²) in [7, 11) is 1.96. The summed E-state index contributed by atoms with van der Waals surface area (Å²) in [5, 5.41) is 0. The summed E-state index contributed by atoms with van der Waals surface area (Å²) in [6, 6.07) is -0.0533. The van der Waals surface area contributed by atoms with Crippen LogP contribution in [0.2, 0.25) is 0 Å². The second-order valence-electron chi connectivity index (χ2n) is 4.17. The van der Waals surface area contributed by atoms with Crippen LogP contribution in [-0.2, 0) is 4.74 Å². The van der Waals surface area contributed by atoms with Crippen molar-refractivity contribution in [2.75, 3.05) is 13.6 Å². The molecule has 3 atom stereocenters. The topological polar surface area (TPSA) is 12.5 Å². The first kappa shape index (κ1) is 10.9. The van der Waals surface area contributed by atoms with Crippen LogP contribution in [0.3, 0.4) is 0 Å². The predicted octanol–water partition coefficient (Wildman–Crippen LogP) is 1.84. The molecule has 0 aromatic heterocycles. The molecule has 1 aliphatic heterocycles. The summed E-state index contributed by atoms with van der Waals surface area (Å²) in [6.07, 6.45) is 0.0879. The number of nitrogens with zero attached hydrogens (tertiary/aromatic N) is 1. The molecular weight excluding hydrogens is 169 g/mol. The highest BCUT2D eigenvalue weighted by Gasteiger charge is 2.36. The highest BCUT2D eigenvalue weighted by molar-refractivity contribution is 4.89. The summed E-state index contributed by atoms with van der Waals surface area (Å²) in [6.45, 7) is 6.77. The van der Waals surface area contributed by atoms with E-state index in [-0.39, 0.29) is 18.2 Å². The zero-order valence-corrected chi connectivity index (χ0v) is 8.96. The van der Waals surface area contributed by atoms with Gasteiger partial charge in [-0.05, 0) is 34.2 Å². The maximum atomic E-state index is 13.4. The van der Waals surface area contributed by atoms with E-state index in [1.807, 2.05) is 27.8 Å². The molecule has 0 bridgehead atoms. The van der Waals surface area contributed by atoms with Gasteiger partial charge in [-0.15, -0.1) is 0 Å². The Morgan fingerprint density at radius 2 is 2.00 bits per heavy atom. The number of likely N-dealkylation sites (tertiary alicyclic amines) is 1. The number of ether oxygens (including phenoxy) is 1. The first-order valence-corrected chi connectivity index (χ1v) is 5.02. The van der Waals surface area contributed by atoms with Gasteiger partial charge in [0, 0.05) is 6.54 Å². The summed E-state index contributed by atoms with van der Waals surface area (Å²) in [5.74, 6) is 0. The minimum Gasteiger partial charge on any atom is -0.374 e. The molecule has 0 saturated carbocycles. The smallest absolute Gasteiger partial charge is 0.119 e. The average Bonchev–Trinajstić information content (AvgIpc) is 2.29. The van der Waals surface area contributed by atoms with Crippen molar-refractivity contribution in [3.8, 4) is 0 Å². The molecule has 1 fully saturated rings. The van der Waals surface area contributed by atoms with Crippen LogP contribution in [0.25, 0.3) is 0 Å². The molecule has 1 saturated heterocycles. The van der Waals surface area contributed by atoms with E-state index in [0.717, 1.165) is 6.54 Å². The maximum Gasteiger partial charge on any atom is 0.119 e. The molecular formula is C10H20FNO. The number of likely N-dealkylation sites (N-methyl/N-ethyl adjacent to an activating group) is 1. The van der Waals surface area contributed by atoms with Gasteiger partial charge in [0.1, 0.15) is 6.17 Å². The zero-order chi connectivity index (χ0) is 10.0. The molecule has 0 spiro atoms. The van der Waals surface area contributed by atoms with Crippen molar-refractivity contribution >= 4 is 0 Å². The Bertz CT molecular complexity index is 153. The summed E-state index contributed by atoms with van der Waals surface area (Å²) >= 11 is 0. The number of halogens is 1. The van der Waals surface area contributed by atoms with Gasteiger partial charge in [0.25, 0.3) is 0 Å². The van der Waals surface area contributed by atoms with Gasteiger partial charge in [0.05, 0.1) is 18.2 Å². The summed E-state index contributed by atoms with van der Waals surface area (Å²) < 4.78 is 19.0. The van der Waals surface area contributed by atoms with Gasteiger partial charge < -0.3 is 4.74 Å². The van der Waals surface area contributed by atoms with Gasteiger partial charge >= 0.3 is 0 Å². The van der Waals surface area contributed by atoms with Crippen molar-refractivity contribution in [2.24, 2.45) is 0 Å². The zero-order valence-electron chi connectivity index (χ0n) is 8.96. The Morgan fingerprint density at radius 3 is 2.38 bits per heavy atom. The van der Waals surface area contributed by atoms with Crippen molar-refractivity contribution < 1.29 is 9.13 Å². The first-order valence-electron chi connectivity index (χ1n) is 5.02. The molecule has 2 nitrogen and oxygen atoms in total. The number of alkyl halides is 1. The fourth-order valence-electron chi connectivity index (χ4n) is 2.09. The minimum atomic E-state index is -0.723. The molecule has 0 amide bonds. The lowest BCUT2D eigenvalue weighted by molar-refractivity contribution is -0.0339. The monoisotopic (exact) mass is 189 g/mol. The Morgan fingerprint density at radius 1 is 1.38 bits per heavy atom. The molecule has 78 valence electrons. The van der Waals surface area contributed by atoms with E-state index in [4.69, 9.17) is 4.74 Å². The van der Waals surface area contributed by atoms with E-state index >= 15 is 0 Å². The van der Waals surface area contributed by atoms with Gasteiger partial charge in [-0.2, -0.15) is 0 Å². The molecule has 0 aromatic rings. The number of hydrogen-bond acceptors (Lipinski definition) is 2. The third kappa shape index (κ3) is 2.64. The predicted molar refractivity (Wildman–Crippen MR) is 51.6 cm³/mol. The number of rotatable bonds is 3. The van der Waals surface area contributed by atoms with Crippen LogP contribution in [0.15, 0.2) is 0 Å². The normalized spacial score (nSPS) is 32.8. The van der Waals surface area contributed by atoms with Crippen LogP contribution in [0.1, 0.15) is 27.2 Å². The van der Waals surface area contributed by atoms with Crippen molar-refractivity contribution in [3.05, 3.63) is 0 Å². The van der Waals surface area contributed by atoms with Crippen molar-refractivity contribution in [2.45, 2.75) is 51.6 Å². The van der Waals surface area contributed by atoms with Crippen LogP contribution in [0.5, 0.6) is 0 Å². The van der Waals surface area contributed by atoms with Crippen molar-refractivity contribution in [1.82, 2.24) is 4.90 Å². The van der Waals surface area contributed by atoms with Crippen molar-refractivity contribution in [1.29, 1.82) is 0 Å². The molecule has 3 heteroatoms. The van der Waals surface area contributed by atoms with E-state index in [9.17, 15) is 4.39 Å². The molecule has 0 aliphatic carbocycles. The minimum absolute atomic E-state index is 0.0116. The lowest BCUT2D eigenvalue weighted by Crippen LogP contribution is -2.42. The van der Waals surface area contributed by atoms with Crippen LogP contribution in [0, 0.1) is 0 Å². The Labute approximate surface area is 80.1 Å². The quantitative estimate of drug-likeness (QED) is 0.671. The van der Waals surface area contributed by atoms with E-state index in [0.29, 0.717) is 6.42 Å². The molecule has 1 aliphatic rings. The SMILES string of the molecule is CC(C)O[C@@H](C)[C@@H]1[C@@H](F)CCN1C. The fourth-order valence-corrected chi connectivity index (χ4v) is 2.09. The summed E-state index contributed by atoms with van der Waals surface area (Å²) in [5.41, 5.74) is 0. The highest BCUT2D eigenvalue weighted by Crippen LogP contribution is 2.23. The van der Waals surface area contributed by atoms with Gasteiger partial charge in [0.15, 0.2) is 0 Å². The second-order valence-corrected chi connectivity index (χ2v) is 4.17. The summed E-state index contributed by atoms with van der Waals surface area (Å²) in [4.78, 5) is 2.05. The second kappa shape index (κ2) is 4.38. The third-order valence-corrected chi connectivity index (χ3v) is 2.60. The van der Waals surface area contributed by atoms with Crippen LogP contribution >= 0.6 is 0 Å². The van der Waals surface area contributed by atoms with E-state index in [2.05, 4.69) is 4.90 Å². The molecule has 0 unspecified atom stereocenters. The Kier molecular flexibility index (Phi) is 3.68. The molecule has 0 aromatic carbocycles. The van der Waals surface area contributed by atoms with Gasteiger partial charge in [0.2, 0.25) is 0 Å². The lowest BCUT2D eigenvalue weighted by Gasteiger charge is -2.28. The molecule has 1 rings (SSSR count). The molecule has 0 N–H and O–H groups in total. The molecule has 13 heavy (non-hydrogen) atoms. The van der Waals surface area contributed by atoms with Gasteiger partial charge in [-0.3, -0.25) is 4.90 Å². The molecule has 1 heterocycles. The number of hydrogen-bond donors (Lipinski definition) is 0. The third-order valence-electron chi connectivity index (χ3n) is 2.60. The highest BCUT2D eigenvalue weighted by atomic mass is 19.1. The standard InChI is InChI=1S/C10H20FNO/c1-7(2)13-8(3)10-9(11)5-6-12(10)4/h7-10H,5-6H2,1-4H3/t8-,9-,10+/m0/s1. The Balaban J connectivity index is 2.48. The maximum absolute atomic E-state index is 13.4. The first-order chi connectivity index (χ1) is 6.02. The average molecular weight is 189 g/mol. The lowest BCUT2D eigenvalue weighted by atomic mass is 10.1. The van der Waals surface area contributed by atoms with Crippen LogP contribution < -0.4 is 0 Å². The van der Waals surface area contributed by atoms with Crippen LogP contribution in [-0.4, -0.2) is 42.9 Å². The van der Waals surface area contributed by atoms with E-state index < -0.39 is 6.17 Å². The molecule has 0 radical (unpaired) electrons. The Hall–Kier alpha value is -0.150. The van der Waals surface area contributed by atoms with Crippen molar-refractivity contribution in [3.63, 3.8) is 0 Å². The fraction of sp³-hybridized carbons (Fsp3) is 1.00. The van der Waals surface area contributed by atoms with Gasteiger partial charge in [-0.25, -0.2) is 4.39 Å². The van der Waals surface area contributed by atoms with Crippen LogP contribution in [0.4, 0.5) is 4.39 Å². The van der Waals surface area contributed by atoms with E-state index in [1.54, 1.807) is 0 Å². The largest absolute Gasteiger partial charge is 0.374 e. The van der Waals surface area contributed by atoms with Gasteiger partial charge in [-0.1, -0.05) is 0 Å².